The van der Waals surface area contributed by atoms with Crippen LogP contribution in [0.1, 0.15) is 37.7 Å². The van der Waals surface area contributed by atoms with Crippen molar-refractivity contribution in [3.05, 3.63) is 53.1 Å². The largest absolute Gasteiger partial charge is 0.483 e. The number of aryl methyl sites for hydroxylation is 1. The lowest BCUT2D eigenvalue weighted by atomic mass is 9.96. The third-order valence-electron chi connectivity index (χ3n) is 5.40. The van der Waals surface area contributed by atoms with Gasteiger partial charge in [-0.05, 0) is 67.8 Å². The second-order valence-corrected chi connectivity index (χ2v) is 10.0. The molecule has 162 valence electrons. The van der Waals surface area contributed by atoms with E-state index in [-0.39, 0.29) is 23.5 Å². The average molecular weight is 451 g/mol. The molecule has 1 amide bonds. The summed E-state index contributed by atoms with van der Waals surface area (Å²) in [5.74, 6) is 0.251. The van der Waals surface area contributed by atoms with Crippen molar-refractivity contribution in [1.82, 2.24) is 4.31 Å². The highest BCUT2D eigenvalue weighted by Crippen LogP contribution is 2.27. The molecule has 2 aromatic carbocycles. The first-order chi connectivity index (χ1) is 14.3. The maximum atomic E-state index is 12.9. The van der Waals surface area contributed by atoms with Crippen molar-refractivity contribution in [3.8, 4) is 5.75 Å². The van der Waals surface area contributed by atoms with E-state index < -0.39 is 10.0 Å². The van der Waals surface area contributed by atoms with E-state index in [0.717, 1.165) is 31.2 Å². The lowest BCUT2D eigenvalue weighted by Crippen LogP contribution is -2.38. The molecule has 8 heteroatoms. The Bertz CT molecular complexity index is 987. The molecule has 0 aliphatic heterocycles. The van der Waals surface area contributed by atoms with E-state index in [2.05, 4.69) is 5.32 Å². The normalized spacial score (nSPS) is 15.2. The van der Waals surface area contributed by atoms with Crippen molar-refractivity contribution in [2.75, 3.05) is 19.0 Å². The van der Waals surface area contributed by atoms with Gasteiger partial charge in [0.05, 0.1) is 4.90 Å². The first-order valence-electron chi connectivity index (χ1n) is 10.0. The van der Waals surface area contributed by atoms with E-state index >= 15 is 0 Å². The molecule has 3 rings (SSSR count). The second-order valence-electron chi connectivity index (χ2n) is 7.58. The molecular formula is C22H27ClN2O4S. The van der Waals surface area contributed by atoms with Crippen LogP contribution in [0.25, 0.3) is 0 Å². The van der Waals surface area contributed by atoms with Crippen LogP contribution in [0.3, 0.4) is 0 Å². The van der Waals surface area contributed by atoms with Gasteiger partial charge in [-0.2, -0.15) is 4.31 Å². The van der Waals surface area contributed by atoms with Gasteiger partial charge in [0.1, 0.15) is 5.75 Å². The van der Waals surface area contributed by atoms with E-state index in [4.69, 9.17) is 16.3 Å². The monoisotopic (exact) mass is 450 g/mol. The number of anilines is 1. The standard InChI is InChI=1S/C22H27ClN2O4S/c1-16-14-17(23)8-13-21(16)29-15-22(26)24-18-9-11-20(12-10-18)30(27,28)25(2)19-6-4-3-5-7-19/h8-14,19H,3-7,15H2,1-2H3,(H,24,26). The Kier molecular flexibility index (Phi) is 7.39. The Labute approximate surface area is 183 Å². The minimum absolute atomic E-state index is 0.0524. The third kappa shape index (κ3) is 5.53. The number of nitrogens with zero attached hydrogens (tertiary/aromatic N) is 1. The molecule has 0 saturated heterocycles. The molecular weight excluding hydrogens is 424 g/mol. The van der Waals surface area contributed by atoms with E-state index in [9.17, 15) is 13.2 Å². The van der Waals surface area contributed by atoms with Gasteiger partial charge in [-0.3, -0.25) is 4.79 Å². The molecule has 0 unspecified atom stereocenters. The molecule has 2 aromatic rings. The van der Waals surface area contributed by atoms with Gasteiger partial charge >= 0.3 is 0 Å². The number of halogens is 1. The van der Waals surface area contributed by atoms with Crippen LogP contribution in [0, 0.1) is 6.92 Å². The fourth-order valence-electron chi connectivity index (χ4n) is 3.63. The number of hydrogen-bond donors (Lipinski definition) is 1. The Morgan fingerprint density at radius 1 is 1.13 bits per heavy atom. The molecule has 1 aliphatic carbocycles. The molecule has 30 heavy (non-hydrogen) atoms. The van der Waals surface area contributed by atoms with Gasteiger partial charge in [0.15, 0.2) is 6.61 Å². The highest BCUT2D eigenvalue weighted by atomic mass is 35.5. The summed E-state index contributed by atoms with van der Waals surface area (Å²) in [4.78, 5) is 12.4. The minimum Gasteiger partial charge on any atom is -0.483 e. The number of carbonyl (C=O) groups is 1. The zero-order valence-corrected chi connectivity index (χ0v) is 18.8. The Hall–Kier alpha value is -2.09. The molecule has 0 bridgehead atoms. The fraction of sp³-hybridized carbons (Fsp3) is 0.409. The van der Waals surface area contributed by atoms with Gasteiger partial charge in [-0.1, -0.05) is 30.9 Å². The molecule has 0 aromatic heterocycles. The SMILES string of the molecule is Cc1cc(Cl)ccc1OCC(=O)Nc1ccc(S(=O)(=O)N(C)C2CCCCC2)cc1. The maximum Gasteiger partial charge on any atom is 0.262 e. The van der Waals surface area contributed by atoms with Gasteiger partial charge in [-0.25, -0.2) is 8.42 Å². The molecule has 1 N–H and O–H groups in total. The Morgan fingerprint density at radius 2 is 1.80 bits per heavy atom. The van der Waals surface area contributed by atoms with Gasteiger partial charge in [0, 0.05) is 23.8 Å². The minimum atomic E-state index is -3.55. The summed E-state index contributed by atoms with van der Waals surface area (Å²) in [5.41, 5.74) is 1.35. The van der Waals surface area contributed by atoms with Crippen LogP contribution in [-0.2, 0) is 14.8 Å². The van der Waals surface area contributed by atoms with Crippen LogP contribution in [0.4, 0.5) is 5.69 Å². The van der Waals surface area contributed by atoms with Crippen molar-refractivity contribution in [2.45, 2.75) is 50.0 Å². The summed E-state index contributed by atoms with van der Waals surface area (Å²) in [5, 5.41) is 3.32. The smallest absolute Gasteiger partial charge is 0.262 e. The summed E-state index contributed by atoms with van der Waals surface area (Å²) in [6.07, 6.45) is 5.09. The third-order valence-corrected chi connectivity index (χ3v) is 7.56. The highest BCUT2D eigenvalue weighted by Gasteiger charge is 2.28. The fourth-order valence-corrected chi connectivity index (χ4v) is 5.28. The van der Waals surface area contributed by atoms with Crippen LogP contribution in [0.15, 0.2) is 47.4 Å². The quantitative estimate of drug-likeness (QED) is 0.667. The lowest BCUT2D eigenvalue weighted by Gasteiger charge is -2.30. The predicted molar refractivity (Wildman–Crippen MR) is 119 cm³/mol. The lowest BCUT2D eigenvalue weighted by molar-refractivity contribution is -0.118. The van der Waals surface area contributed by atoms with E-state index in [0.29, 0.717) is 16.5 Å². The summed E-state index contributed by atoms with van der Waals surface area (Å²) in [7, 11) is -1.90. The zero-order chi connectivity index (χ0) is 21.7. The summed E-state index contributed by atoms with van der Waals surface area (Å²) in [6, 6.07) is 11.5. The number of benzene rings is 2. The number of sulfonamides is 1. The van der Waals surface area contributed by atoms with Crippen molar-refractivity contribution in [1.29, 1.82) is 0 Å². The molecule has 1 aliphatic rings. The van der Waals surface area contributed by atoms with E-state index in [1.54, 1.807) is 37.4 Å². The summed E-state index contributed by atoms with van der Waals surface area (Å²) in [6.45, 7) is 1.69. The number of rotatable bonds is 7. The van der Waals surface area contributed by atoms with Crippen molar-refractivity contribution in [3.63, 3.8) is 0 Å². The first kappa shape index (κ1) is 22.6. The van der Waals surface area contributed by atoms with Gasteiger partial charge < -0.3 is 10.1 Å². The number of hydrogen-bond acceptors (Lipinski definition) is 4. The topological polar surface area (TPSA) is 75.7 Å². The van der Waals surface area contributed by atoms with Crippen molar-refractivity contribution < 1.29 is 17.9 Å². The number of ether oxygens (including phenoxy) is 1. The molecule has 0 atom stereocenters. The van der Waals surface area contributed by atoms with Gasteiger partial charge in [0.2, 0.25) is 10.0 Å². The average Bonchev–Trinajstić information content (AvgIpc) is 2.73. The molecule has 0 radical (unpaired) electrons. The van der Waals surface area contributed by atoms with E-state index in [1.165, 1.54) is 22.9 Å². The number of nitrogens with one attached hydrogen (secondary N) is 1. The predicted octanol–water partition coefficient (Wildman–Crippen LogP) is 4.62. The zero-order valence-electron chi connectivity index (χ0n) is 17.2. The van der Waals surface area contributed by atoms with Gasteiger partial charge in [0.25, 0.3) is 5.91 Å². The maximum absolute atomic E-state index is 12.9. The molecule has 0 spiro atoms. The van der Waals surface area contributed by atoms with Crippen molar-refractivity contribution in [2.24, 2.45) is 0 Å². The summed E-state index contributed by atoms with van der Waals surface area (Å²) < 4.78 is 32.8. The van der Waals surface area contributed by atoms with Crippen LogP contribution in [-0.4, -0.2) is 38.3 Å². The van der Waals surface area contributed by atoms with Crippen LogP contribution >= 0.6 is 11.6 Å². The Morgan fingerprint density at radius 3 is 2.43 bits per heavy atom. The first-order valence-corrected chi connectivity index (χ1v) is 11.9. The van der Waals surface area contributed by atoms with E-state index in [1.807, 2.05) is 6.92 Å². The van der Waals surface area contributed by atoms with Crippen LogP contribution in [0.2, 0.25) is 5.02 Å². The molecule has 6 nitrogen and oxygen atoms in total. The summed E-state index contributed by atoms with van der Waals surface area (Å²) >= 11 is 5.91. The number of carbonyl (C=O) groups excluding carboxylic acids is 1. The molecule has 1 saturated carbocycles. The van der Waals surface area contributed by atoms with Crippen LogP contribution < -0.4 is 10.1 Å². The Balaban J connectivity index is 1.58. The van der Waals surface area contributed by atoms with Crippen molar-refractivity contribution >= 4 is 33.2 Å². The molecule has 1 fully saturated rings. The van der Waals surface area contributed by atoms with Gasteiger partial charge in [-0.15, -0.1) is 0 Å². The van der Waals surface area contributed by atoms with Crippen LogP contribution in [0.5, 0.6) is 5.75 Å². The second kappa shape index (κ2) is 9.81. The molecule has 0 heterocycles. The number of amides is 1. The highest BCUT2D eigenvalue weighted by molar-refractivity contribution is 7.89.